The van der Waals surface area contributed by atoms with Gasteiger partial charge in [-0.15, -0.1) is 0 Å². The van der Waals surface area contributed by atoms with Gasteiger partial charge in [0.2, 0.25) is 5.91 Å². The molecule has 1 aromatic heterocycles. The van der Waals surface area contributed by atoms with E-state index >= 15 is 0 Å². The van der Waals surface area contributed by atoms with Crippen molar-refractivity contribution in [3.05, 3.63) is 24.2 Å². The lowest BCUT2D eigenvalue weighted by Gasteiger charge is -2.35. The molecular weight excluding hydrogens is 306 g/mol. The fraction of sp³-hybridized carbons (Fsp3) is 0.667. The molecule has 2 aliphatic heterocycles. The Morgan fingerprint density at radius 1 is 1.17 bits per heavy atom. The van der Waals surface area contributed by atoms with Gasteiger partial charge in [-0.3, -0.25) is 9.59 Å². The van der Waals surface area contributed by atoms with E-state index in [1.807, 2.05) is 4.90 Å². The molecule has 6 heteroatoms. The van der Waals surface area contributed by atoms with Crippen molar-refractivity contribution >= 4 is 11.8 Å². The molecule has 0 radical (unpaired) electrons. The Morgan fingerprint density at radius 3 is 2.58 bits per heavy atom. The second-order valence-corrected chi connectivity index (χ2v) is 6.95. The quantitative estimate of drug-likeness (QED) is 0.841. The van der Waals surface area contributed by atoms with E-state index < -0.39 is 0 Å². The number of furan rings is 1. The molecule has 0 aromatic carbocycles. The van der Waals surface area contributed by atoms with Gasteiger partial charge in [0.15, 0.2) is 5.76 Å². The average molecular weight is 333 g/mol. The zero-order valence-electron chi connectivity index (χ0n) is 14.4. The van der Waals surface area contributed by atoms with Crippen molar-refractivity contribution in [2.75, 3.05) is 45.8 Å². The van der Waals surface area contributed by atoms with Gasteiger partial charge in [-0.05, 0) is 37.4 Å². The van der Waals surface area contributed by atoms with Gasteiger partial charge >= 0.3 is 0 Å². The molecule has 0 aliphatic carbocycles. The van der Waals surface area contributed by atoms with Gasteiger partial charge in [0.05, 0.1) is 6.26 Å². The van der Waals surface area contributed by atoms with Crippen LogP contribution < -0.4 is 0 Å². The maximum absolute atomic E-state index is 12.4. The summed E-state index contributed by atoms with van der Waals surface area (Å²) < 4.78 is 5.16. The normalized spacial score (nSPS) is 22.6. The Labute approximate surface area is 143 Å². The Balaban J connectivity index is 1.41. The standard InChI is InChI=1S/C18H27N3O3/c1-15-4-2-7-19(14-15)8-6-17(22)20-9-11-21(12-10-20)18(23)16-5-3-13-24-16/h3,5,13,15H,2,4,6-12,14H2,1H3. The Kier molecular flexibility index (Phi) is 5.56. The zero-order chi connectivity index (χ0) is 16.9. The lowest BCUT2D eigenvalue weighted by atomic mass is 10.0. The number of carbonyl (C=O) groups excluding carboxylic acids is 2. The van der Waals surface area contributed by atoms with E-state index in [0.29, 0.717) is 38.4 Å². The summed E-state index contributed by atoms with van der Waals surface area (Å²) in [5.41, 5.74) is 0. The van der Waals surface area contributed by atoms with E-state index in [1.165, 1.54) is 19.1 Å². The van der Waals surface area contributed by atoms with Crippen LogP contribution in [-0.2, 0) is 4.79 Å². The summed E-state index contributed by atoms with van der Waals surface area (Å²) in [6, 6.07) is 3.40. The summed E-state index contributed by atoms with van der Waals surface area (Å²) in [4.78, 5) is 30.7. The fourth-order valence-corrected chi connectivity index (χ4v) is 3.62. The summed E-state index contributed by atoms with van der Waals surface area (Å²) in [5, 5.41) is 0. The van der Waals surface area contributed by atoms with Gasteiger partial charge in [0.1, 0.15) is 0 Å². The summed E-state index contributed by atoms with van der Waals surface area (Å²) in [6.45, 7) is 7.74. The van der Waals surface area contributed by atoms with Crippen molar-refractivity contribution < 1.29 is 14.0 Å². The van der Waals surface area contributed by atoms with Crippen LogP contribution in [0.2, 0.25) is 0 Å². The minimum absolute atomic E-state index is 0.0885. The van der Waals surface area contributed by atoms with Gasteiger partial charge in [0.25, 0.3) is 5.91 Å². The first-order valence-corrected chi connectivity index (χ1v) is 8.96. The molecule has 3 heterocycles. The first kappa shape index (κ1) is 17.0. The number of amides is 2. The van der Waals surface area contributed by atoms with Crippen LogP contribution in [-0.4, -0.2) is 72.3 Å². The third kappa shape index (κ3) is 4.17. The molecule has 0 saturated carbocycles. The smallest absolute Gasteiger partial charge is 0.289 e. The third-order valence-corrected chi connectivity index (χ3v) is 5.03. The summed E-state index contributed by atoms with van der Waals surface area (Å²) in [7, 11) is 0. The maximum atomic E-state index is 12.4. The van der Waals surface area contributed by atoms with Crippen LogP contribution in [0.15, 0.2) is 22.8 Å². The van der Waals surface area contributed by atoms with Crippen LogP contribution in [0.4, 0.5) is 0 Å². The topological polar surface area (TPSA) is 57.0 Å². The number of likely N-dealkylation sites (tertiary alicyclic amines) is 1. The molecule has 2 aliphatic rings. The number of rotatable bonds is 4. The first-order chi connectivity index (χ1) is 11.6. The van der Waals surface area contributed by atoms with Crippen molar-refractivity contribution in [3.63, 3.8) is 0 Å². The molecule has 2 amide bonds. The molecule has 6 nitrogen and oxygen atoms in total. The van der Waals surface area contributed by atoms with Gasteiger partial charge in [-0.25, -0.2) is 0 Å². The Hall–Kier alpha value is -1.82. The predicted molar refractivity (Wildman–Crippen MR) is 90.6 cm³/mol. The molecule has 3 rings (SSSR count). The highest BCUT2D eigenvalue weighted by Gasteiger charge is 2.26. The minimum atomic E-state index is -0.0885. The summed E-state index contributed by atoms with van der Waals surface area (Å²) in [5.74, 6) is 1.23. The number of hydrogen-bond acceptors (Lipinski definition) is 4. The van der Waals surface area contributed by atoms with E-state index in [1.54, 1.807) is 17.0 Å². The lowest BCUT2D eigenvalue weighted by Crippen LogP contribution is -2.51. The van der Waals surface area contributed by atoms with Crippen LogP contribution in [0, 0.1) is 5.92 Å². The molecule has 1 atom stereocenters. The molecule has 132 valence electrons. The van der Waals surface area contributed by atoms with E-state index in [4.69, 9.17) is 4.42 Å². The van der Waals surface area contributed by atoms with Crippen LogP contribution >= 0.6 is 0 Å². The molecule has 2 saturated heterocycles. The predicted octanol–water partition coefficient (Wildman–Crippen LogP) is 1.69. The monoisotopic (exact) mass is 333 g/mol. The van der Waals surface area contributed by atoms with Gasteiger partial charge in [-0.1, -0.05) is 6.92 Å². The molecule has 0 spiro atoms. The highest BCUT2D eigenvalue weighted by atomic mass is 16.3. The molecule has 2 fully saturated rings. The van der Waals surface area contributed by atoms with Gasteiger partial charge in [0, 0.05) is 45.7 Å². The SMILES string of the molecule is CC1CCCN(CCC(=O)N2CCN(C(=O)c3ccco3)CC2)C1. The van der Waals surface area contributed by atoms with Crippen LogP contribution in [0.5, 0.6) is 0 Å². The second-order valence-electron chi connectivity index (χ2n) is 6.95. The van der Waals surface area contributed by atoms with Crippen molar-refractivity contribution in [1.29, 1.82) is 0 Å². The fourth-order valence-electron chi connectivity index (χ4n) is 3.62. The third-order valence-electron chi connectivity index (χ3n) is 5.03. The molecule has 1 unspecified atom stereocenters. The average Bonchev–Trinajstić information content (AvgIpc) is 3.14. The number of carbonyl (C=O) groups is 2. The van der Waals surface area contributed by atoms with Gasteiger partial charge in [-0.2, -0.15) is 0 Å². The summed E-state index contributed by atoms with van der Waals surface area (Å²) >= 11 is 0. The summed E-state index contributed by atoms with van der Waals surface area (Å²) in [6.07, 6.45) is 4.63. The number of piperazine rings is 1. The van der Waals surface area contributed by atoms with E-state index in [9.17, 15) is 9.59 Å². The highest BCUT2D eigenvalue weighted by Crippen LogP contribution is 2.16. The largest absolute Gasteiger partial charge is 0.459 e. The molecule has 24 heavy (non-hydrogen) atoms. The number of nitrogens with zero attached hydrogens (tertiary/aromatic N) is 3. The van der Waals surface area contributed by atoms with E-state index in [0.717, 1.165) is 25.6 Å². The number of hydrogen-bond donors (Lipinski definition) is 0. The lowest BCUT2D eigenvalue weighted by molar-refractivity contribution is -0.133. The molecular formula is C18H27N3O3. The van der Waals surface area contributed by atoms with Crippen molar-refractivity contribution in [2.45, 2.75) is 26.2 Å². The molecule has 1 aromatic rings. The highest BCUT2D eigenvalue weighted by molar-refractivity contribution is 5.91. The zero-order valence-corrected chi connectivity index (χ0v) is 14.4. The maximum Gasteiger partial charge on any atom is 0.289 e. The van der Waals surface area contributed by atoms with Crippen LogP contribution in [0.1, 0.15) is 36.7 Å². The number of piperidine rings is 1. The van der Waals surface area contributed by atoms with Crippen LogP contribution in [0.25, 0.3) is 0 Å². The van der Waals surface area contributed by atoms with Crippen molar-refractivity contribution in [1.82, 2.24) is 14.7 Å². The first-order valence-electron chi connectivity index (χ1n) is 8.96. The van der Waals surface area contributed by atoms with Crippen molar-refractivity contribution in [3.8, 4) is 0 Å². The van der Waals surface area contributed by atoms with Crippen molar-refractivity contribution in [2.24, 2.45) is 5.92 Å². The Morgan fingerprint density at radius 2 is 1.92 bits per heavy atom. The molecule has 0 bridgehead atoms. The van der Waals surface area contributed by atoms with Crippen LogP contribution in [0.3, 0.4) is 0 Å². The second kappa shape index (κ2) is 7.83. The van der Waals surface area contributed by atoms with E-state index in [-0.39, 0.29) is 11.8 Å². The molecule has 0 N–H and O–H groups in total. The minimum Gasteiger partial charge on any atom is -0.459 e. The Bertz CT molecular complexity index is 550. The van der Waals surface area contributed by atoms with E-state index in [2.05, 4.69) is 11.8 Å². The van der Waals surface area contributed by atoms with Gasteiger partial charge < -0.3 is 19.1 Å².